The molecule has 1 fully saturated rings. The summed E-state index contributed by atoms with van der Waals surface area (Å²) >= 11 is 6.27. The zero-order valence-electron chi connectivity index (χ0n) is 7.89. The molecule has 1 rings (SSSR count). The monoisotopic (exact) mass is 234 g/mol. The standard InChI is InChI=1S/C8H13NO3S2/c1-6(7(10)11)14-8(13)9-2-4-12-5-3-9/h6H,2-5H2,1H3,(H,10,11)/p-1. The van der Waals surface area contributed by atoms with Gasteiger partial charge in [0.15, 0.2) is 0 Å². The number of hydrogen-bond acceptors (Lipinski definition) is 5. The molecular formula is C8H12NO3S2-. The molecule has 14 heavy (non-hydrogen) atoms. The summed E-state index contributed by atoms with van der Waals surface area (Å²) in [6.07, 6.45) is 0. The van der Waals surface area contributed by atoms with Crippen LogP contribution in [0.4, 0.5) is 0 Å². The van der Waals surface area contributed by atoms with Gasteiger partial charge in [-0.05, 0) is 6.92 Å². The minimum atomic E-state index is -1.08. The number of hydrogen-bond donors (Lipinski definition) is 0. The van der Waals surface area contributed by atoms with Gasteiger partial charge in [-0.2, -0.15) is 0 Å². The van der Waals surface area contributed by atoms with Crippen molar-refractivity contribution in [2.45, 2.75) is 12.2 Å². The summed E-state index contributed by atoms with van der Waals surface area (Å²) in [5.41, 5.74) is 0. The van der Waals surface area contributed by atoms with E-state index in [1.54, 1.807) is 6.92 Å². The molecule has 0 saturated carbocycles. The number of thiocarbonyl (C=S) groups is 1. The van der Waals surface area contributed by atoms with Gasteiger partial charge in [0.1, 0.15) is 4.32 Å². The third-order valence-corrected chi connectivity index (χ3v) is 3.43. The van der Waals surface area contributed by atoms with Crippen molar-refractivity contribution in [2.75, 3.05) is 26.3 Å². The molecule has 1 aliphatic heterocycles. The fourth-order valence-electron chi connectivity index (χ4n) is 1.02. The van der Waals surface area contributed by atoms with E-state index >= 15 is 0 Å². The number of ether oxygens (including phenoxy) is 1. The quantitative estimate of drug-likeness (QED) is 0.599. The minimum absolute atomic E-state index is 0.592. The number of carbonyl (C=O) groups excluding carboxylic acids is 1. The molecular weight excluding hydrogens is 222 g/mol. The molecule has 1 atom stereocenters. The van der Waals surface area contributed by atoms with Crippen LogP contribution >= 0.6 is 24.0 Å². The second-order valence-electron chi connectivity index (χ2n) is 2.94. The van der Waals surface area contributed by atoms with E-state index in [0.29, 0.717) is 17.5 Å². The third kappa shape index (κ3) is 3.43. The maximum atomic E-state index is 10.5. The van der Waals surface area contributed by atoms with Gasteiger partial charge in [-0.25, -0.2) is 0 Å². The largest absolute Gasteiger partial charge is 0.549 e. The number of aliphatic carboxylic acids is 1. The summed E-state index contributed by atoms with van der Waals surface area (Å²) in [5, 5.41) is 9.89. The van der Waals surface area contributed by atoms with E-state index < -0.39 is 11.2 Å². The Bertz CT molecular complexity index is 229. The maximum absolute atomic E-state index is 10.5. The van der Waals surface area contributed by atoms with Crippen LogP contribution in [0.1, 0.15) is 6.92 Å². The fourth-order valence-corrected chi connectivity index (χ4v) is 2.37. The van der Waals surface area contributed by atoms with Crippen LogP contribution in [0.3, 0.4) is 0 Å². The van der Waals surface area contributed by atoms with Crippen molar-refractivity contribution in [3.05, 3.63) is 0 Å². The predicted octanol–water partition coefficient (Wildman–Crippen LogP) is -0.525. The summed E-state index contributed by atoms with van der Waals surface area (Å²) in [6, 6.07) is 0. The molecule has 0 amide bonds. The maximum Gasteiger partial charge on any atom is 0.137 e. The number of carbonyl (C=O) groups is 1. The smallest absolute Gasteiger partial charge is 0.137 e. The fraction of sp³-hybridized carbons (Fsp3) is 0.750. The Hall–Kier alpha value is -0.330. The topological polar surface area (TPSA) is 52.6 Å². The van der Waals surface area contributed by atoms with E-state index in [4.69, 9.17) is 17.0 Å². The molecule has 1 unspecified atom stereocenters. The molecule has 80 valence electrons. The zero-order valence-corrected chi connectivity index (χ0v) is 9.53. The lowest BCUT2D eigenvalue weighted by atomic mass is 10.5. The van der Waals surface area contributed by atoms with Crippen molar-refractivity contribution in [1.29, 1.82) is 0 Å². The van der Waals surface area contributed by atoms with Gasteiger partial charge in [-0.3, -0.25) is 0 Å². The Kier molecular flexibility index (Phi) is 4.64. The van der Waals surface area contributed by atoms with Crippen molar-refractivity contribution in [1.82, 2.24) is 4.90 Å². The predicted molar refractivity (Wildman–Crippen MR) is 57.1 cm³/mol. The number of morpholine rings is 1. The van der Waals surface area contributed by atoms with Crippen molar-refractivity contribution < 1.29 is 14.6 Å². The van der Waals surface area contributed by atoms with Gasteiger partial charge < -0.3 is 19.5 Å². The average molecular weight is 234 g/mol. The first-order valence-electron chi connectivity index (χ1n) is 4.35. The molecule has 1 aliphatic rings. The first-order chi connectivity index (χ1) is 6.61. The zero-order chi connectivity index (χ0) is 10.6. The summed E-state index contributed by atoms with van der Waals surface area (Å²) in [7, 11) is 0. The van der Waals surface area contributed by atoms with E-state index in [1.807, 2.05) is 4.90 Å². The van der Waals surface area contributed by atoms with Crippen molar-refractivity contribution >= 4 is 34.3 Å². The molecule has 0 aliphatic carbocycles. The lowest BCUT2D eigenvalue weighted by Crippen LogP contribution is -2.40. The number of carboxylic acids is 1. The molecule has 0 aromatic carbocycles. The van der Waals surface area contributed by atoms with Crippen LogP contribution in [0.2, 0.25) is 0 Å². The van der Waals surface area contributed by atoms with Crippen LogP contribution in [0.5, 0.6) is 0 Å². The van der Waals surface area contributed by atoms with E-state index in [1.165, 1.54) is 0 Å². The van der Waals surface area contributed by atoms with Crippen LogP contribution in [-0.2, 0) is 9.53 Å². The van der Waals surface area contributed by atoms with Crippen molar-refractivity contribution in [2.24, 2.45) is 0 Å². The second kappa shape index (κ2) is 5.53. The Labute approximate surface area is 92.6 Å². The van der Waals surface area contributed by atoms with E-state index in [-0.39, 0.29) is 0 Å². The number of carboxylic acid groups (broad SMARTS) is 1. The van der Waals surface area contributed by atoms with Crippen molar-refractivity contribution in [3.8, 4) is 0 Å². The van der Waals surface area contributed by atoms with Crippen LogP contribution < -0.4 is 5.11 Å². The molecule has 0 spiro atoms. The molecule has 0 N–H and O–H groups in total. The average Bonchev–Trinajstić information content (AvgIpc) is 2.19. The number of rotatable bonds is 2. The summed E-state index contributed by atoms with van der Waals surface area (Å²) in [4.78, 5) is 12.4. The molecule has 4 nitrogen and oxygen atoms in total. The van der Waals surface area contributed by atoms with E-state index in [2.05, 4.69) is 0 Å². The first-order valence-corrected chi connectivity index (χ1v) is 5.64. The van der Waals surface area contributed by atoms with Crippen LogP contribution in [-0.4, -0.2) is 46.7 Å². The number of thioether (sulfide) groups is 1. The minimum Gasteiger partial charge on any atom is -0.549 e. The third-order valence-electron chi connectivity index (χ3n) is 1.88. The van der Waals surface area contributed by atoms with Crippen LogP contribution in [0.15, 0.2) is 0 Å². The normalized spacial score (nSPS) is 19.1. The molecule has 0 radical (unpaired) electrons. The SMILES string of the molecule is CC(SC(=S)N1CCOCC1)C(=O)[O-]. The molecule has 0 aromatic rings. The molecule has 1 heterocycles. The van der Waals surface area contributed by atoms with Gasteiger partial charge in [0, 0.05) is 18.3 Å². The van der Waals surface area contributed by atoms with Gasteiger partial charge in [-0.15, -0.1) is 0 Å². The van der Waals surface area contributed by atoms with Gasteiger partial charge in [-0.1, -0.05) is 24.0 Å². The Balaban J connectivity index is 2.36. The Morgan fingerprint density at radius 3 is 2.64 bits per heavy atom. The number of nitrogens with zero attached hydrogens (tertiary/aromatic N) is 1. The summed E-state index contributed by atoms with van der Waals surface area (Å²) in [6.45, 7) is 4.37. The van der Waals surface area contributed by atoms with Crippen molar-refractivity contribution in [3.63, 3.8) is 0 Å². The Morgan fingerprint density at radius 1 is 1.57 bits per heavy atom. The molecule has 0 bridgehead atoms. The van der Waals surface area contributed by atoms with Crippen LogP contribution in [0.25, 0.3) is 0 Å². The van der Waals surface area contributed by atoms with E-state index in [9.17, 15) is 9.90 Å². The molecule has 6 heteroatoms. The Morgan fingerprint density at radius 2 is 2.14 bits per heavy atom. The highest BCUT2D eigenvalue weighted by molar-refractivity contribution is 8.23. The lowest BCUT2D eigenvalue weighted by Gasteiger charge is -2.29. The van der Waals surface area contributed by atoms with Gasteiger partial charge in [0.25, 0.3) is 0 Å². The molecule has 0 aromatic heterocycles. The van der Waals surface area contributed by atoms with Gasteiger partial charge >= 0.3 is 0 Å². The van der Waals surface area contributed by atoms with Gasteiger partial charge in [0.05, 0.1) is 19.2 Å². The lowest BCUT2D eigenvalue weighted by molar-refractivity contribution is -0.304. The highest BCUT2D eigenvalue weighted by Crippen LogP contribution is 2.16. The molecule has 1 saturated heterocycles. The first kappa shape index (κ1) is 11.7. The highest BCUT2D eigenvalue weighted by Gasteiger charge is 2.16. The highest BCUT2D eigenvalue weighted by atomic mass is 32.2. The summed E-state index contributed by atoms with van der Waals surface area (Å²) < 4.78 is 5.78. The van der Waals surface area contributed by atoms with Gasteiger partial charge in [0.2, 0.25) is 0 Å². The second-order valence-corrected chi connectivity index (χ2v) is 4.92. The van der Waals surface area contributed by atoms with Crippen LogP contribution in [0, 0.1) is 0 Å². The summed E-state index contributed by atoms with van der Waals surface area (Å²) in [5.74, 6) is -1.08. The van der Waals surface area contributed by atoms with E-state index in [0.717, 1.165) is 24.9 Å².